The number of benzene rings is 1. The Morgan fingerprint density at radius 2 is 1.58 bits per heavy atom. The lowest BCUT2D eigenvalue weighted by atomic mass is 9.91. The van der Waals surface area contributed by atoms with Crippen molar-refractivity contribution in [3.63, 3.8) is 0 Å². The molecule has 62 valence electrons. The Morgan fingerprint density at radius 1 is 1.08 bits per heavy atom. The van der Waals surface area contributed by atoms with E-state index in [0.29, 0.717) is 0 Å². The Hall–Kier alpha value is -1.34. The average Bonchev–Trinajstić information content (AvgIpc) is 2.18. The van der Waals surface area contributed by atoms with Crippen LogP contribution in [0, 0.1) is 0 Å². The Bertz CT molecular complexity index is 266. The molecule has 0 aromatic heterocycles. The van der Waals surface area contributed by atoms with Gasteiger partial charge in [-0.05, 0) is 5.56 Å². The van der Waals surface area contributed by atoms with E-state index < -0.39 is 5.54 Å². The van der Waals surface area contributed by atoms with E-state index in [9.17, 15) is 0 Å². The van der Waals surface area contributed by atoms with Crippen LogP contribution in [0.2, 0.25) is 0 Å². The summed E-state index contributed by atoms with van der Waals surface area (Å²) in [5, 5.41) is 0. The molecule has 0 spiro atoms. The Morgan fingerprint density at radius 3 is 2.00 bits per heavy atom. The van der Waals surface area contributed by atoms with Gasteiger partial charge in [-0.15, -0.1) is 13.2 Å². The number of rotatable bonds is 3. The summed E-state index contributed by atoms with van der Waals surface area (Å²) in [6, 6.07) is 9.77. The molecular formula is C11H13N. The molecule has 0 aliphatic carbocycles. The predicted molar refractivity (Wildman–Crippen MR) is 52.7 cm³/mol. The molecule has 1 aromatic carbocycles. The highest BCUT2D eigenvalue weighted by Gasteiger charge is 2.17. The lowest BCUT2D eigenvalue weighted by molar-refractivity contribution is 0.716. The van der Waals surface area contributed by atoms with Gasteiger partial charge in [0.25, 0.3) is 0 Å². The van der Waals surface area contributed by atoms with Crippen LogP contribution >= 0.6 is 0 Å². The summed E-state index contributed by atoms with van der Waals surface area (Å²) in [5.41, 5.74) is 6.40. The van der Waals surface area contributed by atoms with E-state index in [1.54, 1.807) is 12.2 Å². The quantitative estimate of drug-likeness (QED) is 0.672. The third-order valence-corrected chi connectivity index (χ3v) is 1.95. The summed E-state index contributed by atoms with van der Waals surface area (Å²) in [6.45, 7) is 7.37. The largest absolute Gasteiger partial charge is 0.315 e. The van der Waals surface area contributed by atoms with Crippen LogP contribution < -0.4 is 5.73 Å². The molecule has 0 saturated heterocycles. The van der Waals surface area contributed by atoms with E-state index in [4.69, 9.17) is 5.73 Å². The second kappa shape index (κ2) is 3.37. The summed E-state index contributed by atoms with van der Waals surface area (Å²) in [5.74, 6) is 0. The second-order valence-electron chi connectivity index (χ2n) is 2.71. The zero-order chi connectivity index (χ0) is 9.03. The molecule has 0 aliphatic rings. The first-order valence-electron chi connectivity index (χ1n) is 3.84. The molecular weight excluding hydrogens is 146 g/mol. The molecule has 0 unspecified atom stereocenters. The Kier molecular flexibility index (Phi) is 2.46. The summed E-state index contributed by atoms with van der Waals surface area (Å²) >= 11 is 0. The minimum atomic E-state index is -0.596. The predicted octanol–water partition coefficient (Wildman–Crippen LogP) is 2.21. The first-order chi connectivity index (χ1) is 5.73. The van der Waals surface area contributed by atoms with Crippen LogP contribution in [0.4, 0.5) is 0 Å². The summed E-state index contributed by atoms with van der Waals surface area (Å²) in [4.78, 5) is 0. The molecule has 0 fully saturated rings. The lowest BCUT2D eigenvalue weighted by Gasteiger charge is -2.21. The third-order valence-electron chi connectivity index (χ3n) is 1.95. The van der Waals surface area contributed by atoms with Crippen molar-refractivity contribution < 1.29 is 0 Å². The van der Waals surface area contributed by atoms with Crippen molar-refractivity contribution in [1.82, 2.24) is 0 Å². The number of hydrogen-bond donors (Lipinski definition) is 1. The van der Waals surface area contributed by atoms with E-state index in [2.05, 4.69) is 13.2 Å². The fourth-order valence-electron chi connectivity index (χ4n) is 1.05. The van der Waals surface area contributed by atoms with Gasteiger partial charge in [0, 0.05) is 0 Å². The molecule has 0 saturated carbocycles. The lowest BCUT2D eigenvalue weighted by Crippen LogP contribution is -2.31. The van der Waals surface area contributed by atoms with E-state index in [1.165, 1.54) is 0 Å². The van der Waals surface area contributed by atoms with E-state index >= 15 is 0 Å². The first-order valence-corrected chi connectivity index (χ1v) is 3.84. The van der Waals surface area contributed by atoms with Gasteiger partial charge in [-0.1, -0.05) is 42.5 Å². The standard InChI is InChI=1S/C11H13N/c1-3-11(12,4-2)10-8-6-5-7-9-10/h3-9H,1-2,12H2. The normalized spacial score (nSPS) is 10.8. The molecule has 0 atom stereocenters. The zero-order valence-electron chi connectivity index (χ0n) is 7.03. The highest BCUT2D eigenvalue weighted by atomic mass is 14.7. The summed E-state index contributed by atoms with van der Waals surface area (Å²) in [7, 11) is 0. The van der Waals surface area contributed by atoms with Crippen LogP contribution in [0.15, 0.2) is 55.6 Å². The van der Waals surface area contributed by atoms with Crippen molar-refractivity contribution in [1.29, 1.82) is 0 Å². The third kappa shape index (κ3) is 1.46. The van der Waals surface area contributed by atoms with Crippen molar-refractivity contribution in [2.75, 3.05) is 0 Å². The van der Waals surface area contributed by atoms with Crippen LogP contribution in [-0.2, 0) is 5.54 Å². The smallest absolute Gasteiger partial charge is 0.0777 e. The number of hydrogen-bond acceptors (Lipinski definition) is 1. The summed E-state index contributed by atoms with van der Waals surface area (Å²) in [6.07, 6.45) is 3.38. The molecule has 0 bridgehead atoms. The average molecular weight is 159 g/mol. The summed E-state index contributed by atoms with van der Waals surface area (Å²) < 4.78 is 0. The molecule has 0 heterocycles. The molecule has 0 amide bonds. The van der Waals surface area contributed by atoms with Crippen molar-refractivity contribution in [2.24, 2.45) is 5.73 Å². The van der Waals surface area contributed by atoms with Crippen LogP contribution in [-0.4, -0.2) is 0 Å². The highest BCUT2D eigenvalue weighted by molar-refractivity contribution is 5.33. The van der Waals surface area contributed by atoms with Gasteiger partial charge in [-0.25, -0.2) is 0 Å². The minimum absolute atomic E-state index is 0.596. The molecule has 1 rings (SSSR count). The van der Waals surface area contributed by atoms with Crippen molar-refractivity contribution in [3.8, 4) is 0 Å². The minimum Gasteiger partial charge on any atom is -0.315 e. The maximum atomic E-state index is 5.98. The Labute approximate surface area is 73.2 Å². The topological polar surface area (TPSA) is 26.0 Å². The fraction of sp³-hybridized carbons (Fsp3) is 0.0909. The van der Waals surface area contributed by atoms with Gasteiger partial charge in [-0.2, -0.15) is 0 Å². The van der Waals surface area contributed by atoms with Gasteiger partial charge in [0.1, 0.15) is 0 Å². The van der Waals surface area contributed by atoms with Crippen LogP contribution in [0.1, 0.15) is 5.56 Å². The number of nitrogens with two attached hydrogens (primary N) is 1. The van der Waals surface area contributed by atoms with Gasteiger partial charge in [0.2, 0.25) is 0 Å². The monoisotopic (exact) mass is 159 g/mol. The molecule has 1 heteroatoms. The molecule has 12 heavy (non-hydrogen) atoms. The van der Waals surface area contributed by atoms with E-state index in [-0.39, 0.29) is 0 Å². The van der Waals surface area contributed by atoms with Crippen LogP contribution in [0.25, 0.3) is 0 Å². The van der Waals surface area contributed by atoms with Gasteiger partial charge >= 0.3 is 0 Å². The van der Waals surface area contributed by atoms with E-state index in [1.807, 2.05) is 30.3 Å². The maximum Gasteiger partial charge on any atom is 0.0777 e. The van der Waals surface area contributed by atoms with Crippen molar-refractivity contribution in [2.45, 2.75) is 5.54 Å². The molecule has 0 aliphatic heterocycles. The Balaban J connectivity index is 3.11. The van der Waals surface area contributed by atoms with Crippen LogP contribution in [0.5, 0.6) is 0 Å². The first kappa shape index (κ1) is 8.75. The van der Waals surface area contributed by atoms with Gasteiger partial charge in [0.15, 0.2) is 0 Å². The molecule has 1 aromatic rings. The van der Waals surface area contributed by atoms with Crippen molar-refractivity contribution >= 4 is 0 Å². The molecule has 0 radical (unpaired) electrons. The van der Waals surface area contributed by atoms with Gasteiger partial charge < -0.3 is 5.73 Å². The van der Waals surface area contributed by atoms with E-state index in [0.717, 1.165) is 5.56 Å². The van der Waals surface area contributed by atoms with Gasteiger partial charge in [0.05, 0.1) is 5.54 Å². The fourth-order valence-corrected chi connectivity index (χ4v) is 1.05. The zero-order valence-corrected chi connectivity index (χ0v) is 7.03. The second-order valence-corrected chi connectivity index (χ2v) is 2.71. The van der Waals surface area contributed by atoms with Gasteiger partial charge in [-0.3, -0.25) is 0 Å². The maximum absolute atomic E-state index is 5.98. The van der Waals surface area contributed by atoms with Crippen molar-refractivity contribution in [3.05, 3.63) is 61.2 Å². The highest BCUT2D eigenvalue weighted by Crippen LogP contribution is 2.19. The van der Waals surface area contributed by atoms with Crippen LogP contribution in [0.3, 0.4) is 0 Å². The SMILES string of the molecule is C=CC(N)(C=C)c1ccccc1. The molecule has 1 nitrogen and oxygen atoms in total. The molecule has 2 N–H and O–H groups in total.